The van der Waals surface area contributed by atoms with Gasteiger partial charge in [0.1, 0.15) is 49.1 Å². The Bertz CT molecular complexity index is 1000. The molecule has 2 aliphatic heterocycles. The third-order valence-electron chi connectivity index (χ3n) is 6.80. The summed E-state index contributed by atoms with van der Waals surface area (Å²) in [7, 11) is 0. The Hall–Kier alpha value is -2.49. The Morgan fingerprint density at radius 1 is 0.816 bits per heavy atom. The average molecular weight is 537 g/mol. The molecule has 0 spiro atoms. The first-order chi connectivity index (χ1) is 18.3. The number of carbonyl (C=O) groups excluding carboxylic acids is 1. The molecule has 0 amide bonds. The van der Waals surface area contributed by atoms with Gasteiger partial charge >= 0.3 is 5.97 Å². The molecule has 0 bridgehead atoms. The lowest BCUT2D eigenvalue weighted by Crippen LogP contribution is -2.63. The van der Waals surface area contributed by atoms with Gasteiger partial charge in [0.25, 0.3) is 0 Å². The summed E-state index contributed by atoms with van der Waals surface area (Å²) in [4.78, 5) is 13.6. The van der Waals surface area contributed by atoms with Gasteiger partial charge in [0.15, 0.2) is 6.10 Å². The van der Waals surface area contributed by atoms with Crippen LogP contribution in [0.5, 0.6) is 0 Å². The lowest BCUT2D eigenvalue weighted by molar-refractivity contribution is -0.384. The number of ether oxygens (including phenoxy) is 4. The van der Waals surface area contributed by atoms with Gasteiger partial charge < -0.3 is 54.7 Å². The molecule has 4 rings (SSSR count). The number of carbonyl (C=O) groups is 1. The van der Waals surface area contributed by atoms with Crippen molar-refractivity contribution >= 4 is 5.97 Å². The Balaban J connectivity index is 1.66. The highest BCUT2D eigenvalue weighted by Gasteiger charge is 2.59. The molecule has 9 atom stereocenters. The largest absolute Gasteiger partial charge is 0.453 e. The Morgan fingerprint density at radius 3 is 1.84 bits per heavy atom. The average Bonchev–Trinajstić information content (AvgIpc) is 3.19. The van der Waals surface area contributed by atoms with Gasteiger partial charge in [-0.3, -0.25) is 4.79 Å². The summed E-state index contributed by atoms with van der Waals surface area (Å²) in [5.74, 6) is -4.13. The normalized spacial score (nSPS) is 35.4. The molecule has 2 aromatic rings. The van der Waals surface area contributed by atoms with E-state index in [1.54, 1.807) is 60.7 Å². The van der Waals surface area contributed by atoms with E-state index in [4.69, 9.17) is 18.9 Å². The smallest absolute Gasteiger partial charge is 0.318 e. The molecule has 0 aromatic heterocycles. The molecule has 0 saturated carbocycles. The van der Waals surface area contributed by atoms with Gasteiger partial charge in [0.05, 0.1) is 13.2 Å². The summed E-state index contributed by atoms with van der Waals surface area (Å²) < 4.78 is 22.3. The van der Waals surface area contributed by atoms with E-state index in [-0.39, 0.29) is 0 Å². The molecule has 12 nitrogen and oxygen atoms in total. The van der Waals surface area contributed by atoms with Crippen molar-refractivity contribution in [1.29, 1.82) is 0 Å². The summed E-state index contributed by atoms with van der Waals surface area (Å²) >= 11 is 0. The van der Waals surface area contributed by atoms with Gasteiger partial charge in [-0.25, -0.2) is 0 Å². The first-order valence-electron chi connectivity index (χ1n) is 12.1. The van der Waals surface area contributed by atoms with Crippen molar-refractivity contribution < 1.29 is 59.5 Å². The van der Waals surface area contributed by atoms with Crippen LogP contribution in [0.1, 0.15) is 17.0 Å². The molecule has 7 N–H and O–H groups in total. The van der Waals surface area contributed by atoms with Crippen molar-refractivity contribution in [2.24, 2.45) is 0 Å². The van der Waals surface area contributed by atoms with Crippen LogP contribution in [0, 0.1) is 0 Å². The molecular weight excluding hydrogens is 504 g/mol. The van der Waals surface area contributed by atoms with Crippen molar-refractivity contribution in [2.45, 2.75) is 60.7 Å². The van der Waals surface area contributed by atoms with E-state index < -0.39 is 86.5 Å². The quantitative estimate of drug-likeness (QED) is 0.174. The molecule has 2 saturated heterocycles. The lowest BCUT2D eigenvalue weighted by atomic mass is 9.91. The second-order valence-corrected chi connectivity index (χ2v) is 9.22. The molecule has 2 heterocycles. The molecule has 2 aromatic carbocycles. The van der Waals surface area contributed by atoms with E-state index in [0.29, 0.717) is 11.1 Å². The molecule has 2 aliphatic rings. The maximum absolute atomic E-state index is 13.6. The summed E-state index contributed by atoms with van der Waals surface area (Å²) in [5, 5.41) is 71.2. The summed E-state index contributed by atoms with van der Waals surface area (Å²) in [6.45, 7) is -2.50. The van der Waals surface area contributed by atoms with Crippen molar-refractivity contribution in [3.8, 4) is 0 Å². The fourth-order valence-electron chi connectivity index (χ4n) is 4.70. The summed E-state index contributed by atoms with van der Waals surface area (Å²) in [6.07, 6.45) is -13.3. The molecule has 2 fully saturated rings. The van der Waals surface area contributed by atoms with Gasteiger partial charge in [-0.1, -0.05) is 60.7 Å². The highest BCUT2D eigenvalue weighted by molar-refractivity contribution is 5.82. The predicted molar refractivity (Wildman–Crippen MR) is 127 cm³/mol. The number of benzene rings is 2. The van der Waals surface area contributed by atoms with Crippen molar-refractivity contribution in [1.82, 2.24) is 0 Å². The molecule has 0 aliphatic carbocycles. The van der Waals surface area contributed by atoms with Crippen molar-refractivity contribution in [3.05, 3.63) is 71.8 Å². The summed E-state index contributed by atoms with van der Waals surface area (Å²) in [5.41, 5.74) is 1.16. The van der Waals surface area contributed by atoms with E-state index in [9.17, 15) is 40.5 Å². The highest BCUT2D eigenvalue weighted by Crippen LogP contribution is 2.37. The highest BCUT2D eigenvalue weighted by atomic mass is 16.8. The Morgan fingerprint density at radius 2 is 1.37 bits per heavy atom. The van der Waals surface area contributed by atoms with Crippen LogP contribution < -0.4 is 0 Å². The van der Waals surface area contributed by atoms with Crippen LogP contribution >= 0.6 is 0 Å². The topological polar surface area (TPSA) is 196 Å². The van der Waals surface area contributed by atoms with Crippen LogP contribution in [-0.4, -0.2) is 116 Å². The first kappa shape index (κ1) is 28.5. The zero-order valence-electron chi connectivity index (χ0n) is 20.3. The van der Waals surface area contributed by atoms with E-state index in [1.807, 2.05) is 0 Å². The minimum absolute atomic E-state index is 0.580. The standard InChI is InChI=1S/C26H32O12/c27-11-16-19(30)21(32)22(25(35-16)38-26(13-29)23(33)20(31)17(12-28)37-26)36-24(34)18(14-7-3-1-4-8-14)15-9-5-2-6-10-15/h1-10,16-23,25,27-33H,11-13H2/t16-,17-,19-,20-,21+,22-,23+,25-,26+/m1/s1. The first-order valence-corrected chi connectivity index (χ1v) is 12.1. The molecule has 0 radical (unpaired) electrons. The van der Waals surface area contributed by atoms with E-state index in [2.05, 4.69) is 0 Å². The molecule has 12 heteroatoms. The van der Waals surface area contributed by atoms with Crippen LogP contribution in [0.25, 0.3) is 0 Å². The third kappa shape index (κ3) is 5.46. The zero-order chi connectivity index (χ0) is 27.4. The van der Waals surface area contributed by atoms with E-state index >= 15 is 0 Å². The van der Waals surface area contributed by atoms with Gasteiger partial charge in [0.2, 0.25) is 12.1 Å². The van der Waals surface area contributed by atoms with Crippen LogP contribution in [0.15, 0.2) is 60.7 Å². The van der Waals surface area contributed by atoms with Gasteiger partial charge in [-0.05, 0) is 11.1 Å². The number of rotatable bonds is 9. The maximum Gasteiger partial charge on any atom is 0.318 e. The van der Waals surface area contributed by atoms with Crippen molar-refractivity contribution in [3.63, 3.8) is 0 Å². The Labute approximate surface area is 218 Å². The summed E-state index contributed by atoms with van der Waals surface area (Å²) in [6, 6.07) is 17.4. The second-order valence-electron chi connectivity index (χ2n) is 9.22. The van der Waals surface area contributed by atoms with E-state index in [1.165, 1.54) is 0 Å². The van der Waals surface area contributed by atoms with Gasteiger partial charge in [0, 0.05) is 0 Å². The van der Waals surface area contributed by atoms with Crippen molar-refractivity contribution in [2.75, 3.05) is 19.8 Å². The predicted octanol–water partition coefficient (Wildman–Crippen LogP) is -2.01. The van der Waals surface area contributed by atoms with Crippen LogP contribution in [0.2, 0.25) is 0 Å². The lowest BCUT2D eigenvalue weighted by Gasteiger charge is -2.44. The molecule has 38 heavy (non-hydrogen) atoms. The fraction of sp³-hybridized carbons (Fsp3) is 0.500. The monoisotopic (exact) mass is 536 g/mol. The fourth-order valence-corrected chi connectivity index (χ4v) is 4.70. The van der Waals surface area contributed by atoms with Gasteiger partial charge in [-0.15, -0.1) is 0 Å². The van der Waals surface area contributed by atoms with Crippen LogP contribution in [0.4, 0.5) is 0 Å². The SMILES string of the molecule is O=C(O[C@H]1[C@@H](O[C@]2(CO)O[C@H](CO)[C@@H](O)[C@@H]2O)O[C@H](CO)[C@@H](O)[C@@H]1O)C(c1ccccc1)c1ccccc1. The number of aliphatic hydroxyl groups is 7. The minimum Gasteiger partial charge on any atom is -0.453 e. The Kier molecular flexibility index (Phi) is 9.11. The molecular formula is C26H32O12. The maximum atomic E-state index is 13.6. The van der Waals surface area contributed by atoms with Gasteiger partial charge in [-0.2, -0.15) is 0 Å². The minimum atomic E-state index is -2.34. The number of aliphatic hydroxyl groups excluding tert-OH is 7. The molecule has 0 unspecified atom stereocenters. The number of hydrogen-bond donors (Lipinski definition) is 7. The number of esters is 1. The van der Waals surface area contributed by atoms with E-state index in [0.717, 1.165) is 0 Å². The zero-order valence-corrected chi connectivity index (χ0v) is 20.3. The third-order valence-corrected chi connectivity index (χ3v) is 6.80. The van der Waals surface area contributed by atoms with Crippen LogP contribution in [-0.2, 0) is 23.7 Å². The second kappa shape index (κ2) is 12.1. The molecule has 208 valence electrons. The van der Waals surface area contributed by atoms with Crippen LogP contribution in [0.3, 0.4) is 0 Å². The number of hydrogen-bond acceptors (Lipinski definition) is 12.